The van der Waals surface area contributed by atoms with Crippen LogP contribution in [0.15, 0.2) is 39.8 Å². The van der Waals surface area contributed by atoms with Gasteiger partial charge in [-0.15, -0.1) is 24.0 Å². The molecule has 0 radical (unpaired) electrons. The van der Waals surface area contributed by atoms with E-state index < -0.39 is 0 Å². The minimum atomic E-state index is 0. The van der Waals surface area contributed by atoms with E-state index in [0.717, 1.165) is 50.3 Å². The minimum Gasteiger partial charge on any atom is -0.379 e. The van der Waals surface area contributed by atoms with Crippen LogP contribution in [-0.2, 0) is 24.4 Å². The molecule has 2 aromatic rings. The van der Waals surface area contributed by atoms with Gasteiger partial charge in [0.15, 0.2) is 11.7 Å². The van der Waals surface area contributed by atoms with Crippen molar-refractivity contribution in [3.63, 3.8) is 0 Å². The maximum absolute atomic E-state index is 5.42. The molecule has 0 aliphatic carbocycles. The van der Waals surface area contributed by atoms with Gasteiger partial charge < -0.3 is 19.9 Å². The van der Waals surface area contributed by atoms with Crippen LogP contribution in [0.5, 0.6) is 0 Å². The average Bonchev–Trinajstić information content (AvgIpc) is 3.19. The molecule has 0 saturated carbocycles. The summed E-state index contributed by atoms with van der Waals surface area (Å²) in [6.45, 7) is 10.1. The Bertz CT molecular complexity index is 772. The van der Waals surface area contributed by atoms with Crippen molar-refractivity contribution >= 4 is 29.9 Å². The van der Waals surface area contributed by atoms with E-state index in [-0.39, 0.29) is 24.0 Å². The van der Waals surface area contributed by atoms with Gasteiger partial charge in [-0.25, -0.2) is 0 Å². The molecule has 1 aromatic carbocycles. The lowest BCUT2D eigenvalue weighted by Crippen LogP contribution is -2.36. The summed E-state index contributed by atoms with van der Waals surface area (Å²) in [6.07, 6.45) is 0. The second-order valence-corrected chi connectivity index (χ2v) is 7.36. The van der Waals surface area contributed by atoms with Crippen molar-refractivity contribution in [3.05, 3.63) is 52.9 Å². The molecule has 7 nitrogen and oxygen atoms in total. The summed E-state index contributed by atoms with van der Waals surface area (Å²) >= 11 is 0. The third-order valence-corrected chi connectivity index (χ3v) is 4.78. The van der Waals surface area contributed by atoms with E-state index in [9.17, 15) is 0 Å². The lowest BCUT2D eigenvalue weighted by Gasteiger charge is -2.26. The summed E-state index contributed by atoms with van der Waals surface area (Å²) in [7, 11) is 1.77. The zero-order valence-corrected chi connectivity index (χ0v) is 19.8. The molecule has 0 atom stereocenters. The van der Waals surface area contributed by atoms with Crippen LogP contribution in [0, 0.1) is 0 Å². The number of halogens is 1. The number of nitrogens with zero attached hydrogens (tertiary/aromatic N) is 3. The molecule has 3 rings (SSSR count). The fourth-order valence-corrected chi connectivity index (χ4v) is 3.12. The van der Waals surface area contributed by atoms with Crippen LogP contribution in [-0.4, -0.2) is 49.4 Å². The van der Waals surface area contributed by atoms with Gasteiger partial charge in [-0.2, -0.15) is 0 Å². The van der Waals surface area contributed by atoms with Gasteiger partial charge in [0, 0.05) is 39.3 Å². The molecule has 0 unspecified atom stereocenters. The highest BCUT2D eigenvalue weighted by Gasteiger charge is 2.11. The highest BCUT2D eigenvalue weighted by atomic mass is 127. The molecule has 1 aromatic heterocycles. The number of hydrogen-bond donors (Lipinski definition) is 2. The van der Waals surface area contributed by atoms with Crippen LogP contribution in [0.2, 0.25) is 0 Å². The van der Waals surface area contributed by atoms with Gasteiger partial charge in [-0.1, -0.05) is 43.3 Å². The maximum atomic E-state index is 5.42. The second kappa shape index (κ2) is 12.1. The third kappa shape index (κ3) is 7.60. The number of aromatic nitrogens is 1. The predicted molar refractivity (Wildman–Crippen MR) is 126 cm³/mol. The van der Waals surface area contributed by atoms with Gasteiger partial charge in [0.1, 0.15) is 0 Å². The first-order valence-corrected chi connectivity index (χ1v) is 9.92. The average molecular weight is 513 g/mol. The molecular formula is C21H32IN5O2. The first-order valence-electron chi connectivity index (χ1n) is 9.92. The fraction of sp³-hybridized carbons (Fsp3) is 0.524. The van der Waals surface area contributed by atoms with Gasteiger partial charge >= 0.3 is 0 Å². The van der Waals surface area contributed by atoms with Crippen molar-refractivity contribution in [1.82, 2.24) is 20.7 Å². The molecule has 2 N–H and O–H groups in total. The summed E-state index contributed by atoms with van der Waals surface area (Å²) in [5.74, 6) is 1.90. The zero-order valence-electron chi connectivity index (χ0n) is 17.5. The van der Waals surface area contributed by atoms with Crippen LogP contribution in [0.4, 0.5) is 0 Å². The van der Waals surface area contributed by atoms with E-state index in [0.29, 0.717) is 19.0 Å². The molecule has 1 aliphatic rings. The van der Waals surface area contributed by atoms with E-state index in [1.165, 1.54) is 11.1 Å². The lowest BCUT2D eigenvalue weighted by molar-refractivity contribution is 0.0342. The Labute approximate surface area is 190 Å². The van der Waals surface area contributed by atoms with Gasteiger partial charge in [0.2, 0.25) is 0 Å². The molecule has 0 bridgehead atoms. The van der Waals surface area contributed by atoms with Gasteiger partial charge in [0.25, 0.3) is 0 Å². The summed E-state index contributed by atoms with van der Waals surface area (Å²) < 4.78 is 10.8. The van der Waals surface area contributed by atoms with Crippen molar-refractivity contribution in [1.29, 1.82) is 0 Å². The molecule has 1 saturated heterocycles. The van der Waals surface area contributed by atoms with Gasteiger partial charge in [-0.05, 0) is 17.0 Å². The van der Waals surface area contributed by atoms with Crippen LogP contribution in [0.25, 0.3) is 0 Å². The minimum absolute atomic E-state index is 0. The third-order valence-electron chi connectivity index (χ3n) is 4.78. The fourth-order valence-electron chi connectivity index (χ4n) is 3.12. The standard InChI is InChI=1S/C21H31N5O2.HI/c1-16(2)20-12-19(28-25-20)14-24-21(22-3)23-13-17-5-4-6-18(11-17)15-26-7-9-27-10-8-26;/h4-6,11-12,16H,7-10,13-15H2,1-3H3,(H2,22,23,24);1H. The van der Waals surface area contributed by atoms with Crippen LogP contribution >= 0.6 is 24.0 Å². The highest BCUT2D eigenvalue weighted by molar-refractivity contribution is 14.0. The summed E-state index contributed by atoms with van der Waals surface area (Å²) in [5, 5.41) is 10.7. The van der Waals surface area contributed by atoms with Crippen molar-refractivity contribution in [2.24, 2.45) is 4.99 Å². The van der Waals surface area contributed by atoms with Gasteiger partial charge in [0.05, 0.1) is 25.5 Å². The van der Waals surface area contributed by atoms with E-state index >= 15 is 0 Å². The molecule has 1 fully saturated rings. The van der Waals surface area contributed by atoms with Crippen LogP contribution < -0.4 is 10.6 Å². The number of guanidine groups is 1. The van der Waals surface area contributed by atoms with Crippen molar-refractivity contribution in [2.45, 2.75) is 39.4 Å². The number of benzene rings is 1. The molecule has 2 heterocycles. The summed E-state index contributed by atoms with van der Waals surface area (Å²) in [6, 6.07) is 10.7. The topological polar surface area (TPSA) is 74.9 Å². The Morgan fingerprint density at radius 2 is 1.86 bits per heavy atom. The predicted octanol–water partition coefficient (Wildman–Crippen LogP) is 3.11. The first-order chi connectivity index (χ1) is 13.6. The Balaban J connectivity index is 0.00000300. The van der Waals surface area contributed by atoms with Crippen LogP contribution in [0.3, 0.4) is 0 Å². The lowest BCUT2D eigenvalue weighted by atomic mass is 10.1. The Morgan fingerprint density at radius 1 is 1.14 bits per heavy atom. The largest absolute Gasteiger partial charge is 0.379 e. The van der Waals surface area contributed by atoms with E-state index in [1.807, 2.05) is 6.07 Å². The van der Waals surface area contributed by atoms with E-state index in [1.54, 1.807) is 7.05 Å². The van der Waals surface area contributed by atoms with Crippen LogP contribution in [0.1, 0.15) is 42.3 Å². The Morgan fingerprint density at radius 3 is 2.55 bits per heavy atom. The van der Waals surface area contributed by atoms with Crippen molar-refractivity contribution in [2.75, 3.05) is 33.4 Å². The Hall–Kier alpha value is -1.65. The molecule has 29 heavy (non-hydrogen) atoms. The SMILES string of the molecule is CN=C(NCc1cccc(CN2CCOCC2)c1)NCc1cc(C(C)C)no1.I. The normalized spacial score (nSPS) is 15.2. The number of morpholine rings is 1. The number of aliphatic imine (C=N–C) groups is 1. The monoisotopic (exact) mass is 513 g/mol. The quantitative estimate of drug-likeness (QED) is 0.337. The first kappa shape index (κ1) is 23.6. The van der Waals surface area contributed by atoms with E-state index in [4.69, 9.17) is 9.26 Å². The number of ether oxygens (including phenoxy) is 1. The number of hydrogen-bond acceptors (Lipinski definition) is 5. The van der Waals surface area contributed by atoms with Gasteiger partial charge in [-0.3, -0.25) is 9.89 Å². The number of nitrogens with one attached hydrogen (secondary N) is 2. The molecule has 0 amide bonds. The highest BCUT2D eigenvalue weighted by Crippen LogP contribution is 2.14. The summed E-state index contributed by atoms with van der Waals surface area (Å²) in [5.41, 5.74) is 3.53. The zero-order chi connectivity index (χ0) is 19.8. The number of rotatable bonds is 7. The molecule has 0 spiro atoms. The second-order valence-electron chi connectivity index (χ2n) is 7.36. The maximum Gasteiger partial charge on any atom is 0.191 e. The van der Waals surface area contributed by atoms with Crippen molar-refractivity contribution < 1.29 is 9.26 Å². The van der Waals surface area contributed by atoms with Crippen molar-refractivity contribution in [3.8, 4) is 0 Å². The smallest absolute Gasteiger partial charge is 0.191 e. The Kier molecular flexibility index (Phi) is 9.89. The molecular weight excluding hydrogens is 481 g/mol. The summed E-state index contributed by atoms with van der Waals surface area (Å²) in [4.78, 5) is 6.72. The molecule has 160 valence electrons. The molecule has 1 aliphatic heterocycles. The molecule has 8 heteroatoms. The van der Waals surface area contributed by atoms with E-state index in [2.05, 4.69) is 63.8 Å².